The minimum Gasteiger partial charge on any atom is -0.281 e. The molecule has 0 unspecified atom stereocenters. The zero-order chi connectivity index (χ0) is 19.7. The van der Waals surface area contributed by atoms with Crippen molar-refractivity contribution in [1.29, 1.82) is 0 Å². The minimum absolute atomic E-state index is 0.233. The van der Waals surface area contributed by atoms with Crippen LogP contribution < -0.4 is 9.80 Å². The lowest BCUT2D eigenvalue weighted by atomic mass is 10.1. The van der Waals surface area contributed by atoms with Gasteiger partial charge in [-0.2, -0.15) is 0 Å². The Morgan fingerprint density at radius 2 is 1.43 bits per heavy atom. The maximum atomic E-state index is 13.4. The Morgan fingerprint density at radius 3 is 2.07 bits per heavy atom. The molecule has 0 spiro atoms. The van der Waals surface area contributed by atoms with Crippen LogP contribution in [0.15, 0.2) is 89.0 Å². The van der Waals surface area contributed by atoms with Crippen LogP contribution in [0.4, 0.5) is 15.8 Å². The van der Waals surface area contributed by atoms with Gasteiger partial charge in [0.15, 0.2) is 5.11 Å². The van der Waals surface area contributed by atoms with Crippen molar-refractivity contribution in [2.24, 2.45) is 0 Å². The first-order valence-electron chi connectivity index (χ1n) is 8.51. The van der Waals surface area contributed by atoms with Gasteiger partial charge in [0.2, 0.25) is 0 Å². The molecule has 0 N–H and O–H groups in total. The van der Waals surface area contributed by atoms with Crippen LogP contribution in [0.25, 0.3) is 6.08 Å². The molecule has 0 aromatic heterocycles. The fourth-order valence-electron chi connectivity index (χ4n) is 2.99. The number of carbonyl (C=O) groups is 1. The summed E-state index contributed by atoms with van der Waals surface area (Å²) in [6.45, 7) is 0. The van der Waals surface area contributed by atoms with E-state index in [4.69, 9.17) is 12.2 Å². The molecular formula is C22H14BrFN2OS. The number of halogens is 2. The number of para-hydroxylation sites is 1. The molecule has 0 atom stereocenters. The van der Waals surface area contributed by atoms with Crippen LogP contribution >= 0.6 is 28.1 Å². The van der Waals surface area contributed by atoms with E-state index in [1.54, 1.807) is 23.1 Å². The number of hydrogen-bond donors (Lipinski definition) is 0. The number of thiocarbonyl (C=S) groups is 1. The van der Waals surface area contributed by atoms with Gasteiger partial charge in [-0.05, 0) is 72.4 Å². The smallest absolute Gasteiger partial charge is 0.281 e. The lowest BCUT2D eigenvalue weighted by Gasteiger charge is -2.20. The zero-order valence-electron chi connectivity index (χ0n) is 14.5. The summed E-state index contributed by atoms with van der Waals surface area (Å²) >= 11 is 9.05. The first-order chi connectivity index (χ1) is 13.5. The molecule has 1 saturated heterocycles. The first-order valence-corrected chi connectivity index (χ1v) is 9.71. The van der Waals surface area contributed by atoms with Crippen LogP contribution in [-0.2, 0) is 4.79 Å². The molecule has 3 aromatic carbocycles. The average Bonchev–Trinajstić information content (AvgIpc) is 2.95. The van der Waals surface area contributed by atoms with Gasteiger partial charge in [0.1, 0.15) is 11.5 Å². The van der Waals surface area contributed by atoms with E-state index >= 15 is 0 Å². The monoisotopic (exact) mass is 452 g/mol. The molecule has 28 heavy (non-hydrogen) atoms. The predicted octanol–water partition coefficient (Wildman–Crippen LogP) is 5.77. The van der Waals surface area contributed by atoms with Crippen LogP contribution in [0.1, 0.15) is 5.56 Å². The highest BCUT2D eigenvalue weighted by Gasteiger charge is 2.39. The van der Waals surface area contributed by atoms with Gasteiger partial charge in [-0.25, -0.2) is 4.39 Å². The van der Waals surface area contributed by atoms with Gasteiger partial charge in [-0.1, -0.05) is 46.3 Å². The van der Waals surface area contributed by atoms with Gasteiger partial charge in [-0.15, -0.1) is 0 Å². The summed E-state index contributed by atoms with van der Waals surface area (Å²) in [4.78, 5) is 16.4. The molecule has 3 nitrogen and oxygen atoms in total. The first kappa shape index (κ1) is 18.5. The van der Waals surface area contributed by atoms with Crippen LogP contribution in [0.2, 0.25) is 0 Å². The summed E-state index contributed by atoms with van der Waals surface area (Å²) in [5, 5.41) is 0.325. The Bertz CT molecular complexity index is 1070. The van der Waals surface area contributed by atoms with Gasteiger partial charge in [0, 0.05) is 10.2 Å². The SMILES string of the molecule is O=C1C(=Cc2ccc(Br)cc2)N(c2ccc(F)cc2)C(=S)N1c1ccccc1. The Balaban J connectivity index is 1.84. The highest BCUT2D eigenvalue weighted by atomic mass is 79.9. The van der Waals surface area contributed by atoms with E-state index in [-0.39, 0.29) is 11.7 Å². The molecule has 138 valence electrons. The summed E-state index contributed by atoms with van der Waals surface area (Å²) in [6, 6.07) is 22.8. The van der Waals surface area contributed by atoms with Crippen molar-refractivity contribution < 1.29 is 9.18 Å². The standard InChI is InChI=1S/C22H14BrFN2OS/c23-16-8-6-15(7-9-16)14-20-21(27)26(18-4-2-1-3-5-18)22(28)25(20)19-12-10-17(24)11-13-19/h1-14H. The molecule has 1 aliphatic heterocycles. The third kappa shape index (κ3) is 3.48. The van der Waals surface area contributed by atoms with E-state index in [2.05, 4.69) is 15.9 Å². The zero-order valence-corrected chi connectivity index (χ0v) is 17.0. The molecule has 1 heterocycles. The van der Waals surface area contributed by atoms with E-state index < -0.39 is 0 Å². The summed E-state index contributed by atoms with van der Waals surface area (Å²) in [7, 11) is 0. The highest BCUT2D eigenvalue weighted by Crippen LogP contribution is 2.33. The number of hydrogen-bond acceptors (Lipinski definition) is 2. The van der Waals surface area contributed by atoms with Gasteiger partial charge in [-0.3, -0.25) is 14.6 Å². The molecule has 0 saturated carbocycles. The minimum atomic E-state index is -0.349. The van der Waals surface area contributed by atoms with Gasteiger partial charge in [0.25, 0.3) is 5.91 Å². The van der Waals surface area contributed by atoms with Crippen molar-refractivity contribution in [2.45, 2.75) is 0 Å². The summed E-state index contributed by atoms with van der Waals surface area (Å²) in [6.07, 6.45) is 1.79. The van der Waals surface area contributed by atoms with Crippen molar-refractivity contribution in [3.05, 3.63) is 100 Å². The van der Waals surface area contributed by atoms with E-state index in [1.807, 2.05) is 54.6 Å². The van der Waals surface area contributed by atoms with E-state index in [1.165, 1.54) is 17.0 Å². The average molecular weight is 453 g/mol. The topological polar surface area (TPSA) is 23.6 Å². The molecular weight excluding hydrogens is 439 g/mol. The molecule has 1 amide bonds. The molecule has 4 rings (SSSR count). The Hall–Kier alpha value is -2.83. The number of rotatable bonds is 3. The quantitative estimate of drug-likeness (QED) is 0.372. The maximum Gasteiger partial charge on any atom is 0.281 e. The number of anilines is 2. The second-order valence-electron chi connectivity index (χ2n) is 6.15. The van der Waals surface area contributed by atoms with Crippen molar-refractivity contribution in [3.8, 4) is 0 Å². The molecule has 1 fully saturated rings. The second-order valence-corrected chi connectivity index (χ2v) is 7.43. The lowest BCUT2D eigenvalue weighted by molar-refractivity contribution is -0.113. The number of nitrogens with zero attached hydrogens (tertiary/aromatic N) is 2. The molecule has 6 heteroatoms. The lowest BCUT2D eigenvalue weighted by Crippen LogP contribution is -2.32. The van der Waals surface area contributed by atoms with Crippen LogP contribution in [-0.4, -0.2) is 11.0 Å². The fraction of sp³-hybridized carbons (Fsp3) is 0. The third-order valence-electron chi connectivity index (χ3n) is 4.32. The van der Waals surface area contributed by atoms with Crippen molar-refractivity contribution in [2.75, 3.05) is 9.80 Å². The number of benzene rings is 3. The molecule has 0 radical (unpaired) electrons. The van der Waals surface area contributed by atoms with Crippen LogP contribution in [0.3, 0.4) is 0 Å². The van der Waals surface area contributed by atoms with Crippen molar-refractivity contribution >= 4 is 56.6 Å². The number of amides is 1. The van der Waals surface area contributed by atoms with Crippen LogP contribution in [0, 0.1) is 5.82 Å². The van der Waals surface area contributed by atoms with Gasteiger partial charge < -0.3 is 0 Å². The second kappa shape index (κ2) is 7.66. The highest BCUT2D eigenvalue weighted by molar-refractivity contribution is 9.10. The summed E-state index contributed by atoms with van der Waals surface area (Å²) in [5.41, 5.74) is 2.57. The van der Waals surface area contributed by atoms with Crippen molar-refractivity contribution in [1.82, 2.24) is 0 Å². The molecule has 1 aliphatic rings. The van der Waals surface area contributed by atoms with Crippen LogP contribution in [0.5, 0.6) is 0 Å². The Morgan fingerprint density at radius 1 is 0.821 bits per heavy atom. The maximum absolute atomic E-state index is 13.4. The van der Waals surface area contributed by atoms with E-state index in [0.717, 1.165) is 10.0 Å². The normalized spacial score (nSPS) is 15.6. The van der Waals surface area contributed by atoms with Gasteiger partial charge >= 0.3 is 0 Å². The fourth-order valence-corrected chi connectivity index (χ4v) is 3.64. The molecule has 0 bridgehead atoms. The Labute approximate surface area is 175 Å². The third-order valence-corrected chi connectivity index (χ3v) is 5.21. The van der Waals surface area contributed by atoms with Crippen molar-refractivity contribution in [3.63, 3.8) is 0 Å². The predicted molar refractivity (Wildman–Crippen MR) is 118 cm³/mol. The molecule has 3 aromatic rings. The number of carbonyl (C=O) groups excluding carboxylic acids is 1. The van der Waals surface area contributed by atoms with E-state index in [0.29, 0.717) is 22.2 Å². The molecule has 0 aliphatic carbocycles. The van der Waals surface area contributed by atoms with E-state index in [9.17, 15) is 9.18 Å². The Kier molecular flexibility index (Phi) is 5.07. The largest absolute Gasteiger partial charge is 0.281 e. The van der Waals surface area contributed by atoms with Gasteiger partial charge in [0.05, 0.1) is 5.69 Å². The summed E-state index contributed by atoms with van der Waals surface area (Å²) in [5.74, 6) is -0.581. The summed E-state index contributed by atoms with van der Waals surface area (Å²) < 4.78 is 14.4.